The van der Waals surface area contributed by atoms with Crippen molar-refractivity contribution in [3.05, 3.63) is 65.2 Å². The minimum absolute atomic E-state index is 0.0479. The van der Waals surface area contributed by atoms with E-state index < -0.39 is 0 Å². The average molecular weight is 350 g/mol. The van der Waals surface area contributed by atoms with Crippen molar-refractivity contribution >= 4 is 5.91 Å². The van der Waals surface area contributed by atoms with Crippen molar-refractivity contribution in [1.82, 2.24) is 10.2 Å². The number of carbonyl (C=O) groups is 1. The Labute approximate surface area is 154 Å². The second-order valence-corrected chi connectivity index (χ2v) is 7.97. The Morgan fingerprint density at radius 3 is 2.81 bits per heavy atom. The zero-order valence-corrected chi connectivity index (χ0v) is 15.4. The molecule has 2 bridgehead atoms. The lowest BCUT2D eigenvalue weighted by atomic mass is 9.61. The molecule has 26 heavy (non-hydrogen) atoms. The van der Waals surface area contributed by atoms with E-state index in [0.717, 1.165) is 24.9 Å². The topological polar surface area (TPSA) is 52.6 Å². The summed E-state index contributed by atoms with van der Waals surface area (Å²) in [5, 5.41) is 13.4. The predicted octanol–water partition coefficient (Wildman–Crippen LogP) is 2.64. The molecule has 1 amide bonds. The summed E-state index contributed by atoms with van der Waals surface area (Å²) in [5.41, 5.74) is 3.35. The van der Waals surface area contributed by atoms with Crippen LogP contribution in [0.15, 0.2) is 48.5 Å². The molecule has 0 spiro atoms. The van der Waals surface area contributed by atoms with E-state index in [1.54, 1.807) is 6.07 Å². The first-order chi connectivity index (χ1) is 12.5. The van der Waals surface area contributed by atoms with Gasteiger partial charge in [-0.15, -0.1) is 0 Å². The molecule has 0 aromatic heterocycles. The molecule has 3 unspecified atom stereocenters. The van der Waals surface area contributed by atoms with Gasteiger partial charge < -0.3 is 15.3 Å². The Morgan fingerprint density at radius 1 is 1.27 bits per heavy atom. The number of likely N-dealkylation sites (tertiary alicyclic amines) is 1. The average Bonchev–Trinajstić information content (AvgIpc) is 2.62. The fourth-order valence-electron chi connectivity index (χ4n) is 4.75. The number of piperidine rings is 1. The van der Waals surface area contributed by atoms with E-state index in [-0.39, 0.29) is 23.4 Å². The number of aromatic hydroxyl groups is 1. The lowest BCUT2D eigenvalue weighted by Crippen LogP contribution is -2.67. The molecule has 0 radical (unpaired) electrons. The van der Waals surface area contributed by atoms with Gasteiger partial charge in [-0.25, -0.2) is 0 Å². The van der Waals surface area contributed by atoms with Gasteiger partial charge in [-0.1, -0.05) is 43.3 Å². The zero-order chi connectivity index (χ0) is 18.3. The van der Waals surface area contributed by atoms with Crippen molar-refractivity contribution in [2.24, 2.45) is 0 Å². The number of benzene rings is 2. The quantitative estimate of drug-likeness (QED) is 0.895. The molecule has 1 heterocycles. The number of nitrogens with zero attached hydrogens (tertiary/aromatic N) is 1. The number of hydrogen-bond donors (Lipinski definition) is 2. The standard InChI is InChI=1S/C22H26N2O2/c1-22-10-11-24(2)19(13-16-8-9-17(25)14-18(16)22)21(22)23-20(26)12-15-6-4-3-5-7-15/h3-9,14,19,21,25H,10-13H2,1-2H3,(H,23,26). The van der Waals surface area contributed by atoms with E-state index in [1.807, 2.05) is 42.5 Å². The number of phenols is 1. The fraction of sp³-hybridized carbons (Fsp3) is 0.409. The largest absolute Gasteiger partial charge is 0.508 e. The highest BCUT2D eigenvalue weighted by Gasteiger charge is 2.50. The van der Waals surface area contributed by atoms with Crippen LogP contribution in [0.4, 0.5) is 0 Å². The van der Waals surface area contributed by atoms with E-state index in [9.17, 15) is 9.90 Å². The number of hydrogen-bond acceptors (Lipinski definition) is 3. The molecule has 1 saturated heterocycles. The minimum Gasteiger partial charge on any atom is -0.508 e. The van der Waals surface area contributed by atoms with Gasteiger partial charge in [0.2, 0.25) is 5.91 Å². The van der Waals surface area contributed by atoms with Crippen LogP contribution in [0.25, 0.3) is 0 Å². The summed E-state index contributed by atoms with van der Waals surface area (Å²) in [7, 11) is 2.14. The maximum Gasteiger partial charge on any atom is 0.224 e. The molecule has 4 rings (SSSR count). The predicted molar refractivity (Wildman–Crippen MR) is 102 cm³/mol. The third kappa shape index (κ3) is 2.88. The van der Waals surface area contributed by atoms with E-state index >= 15 is 0 Å². The molecular weight excluding hydrogens is 324 g/mol. The van der Waals surface area contributed by atoms with Gasteiger partial charge in [-0.05, 0) is 55.3 Å². The first kappa shape index (κ1) is 17.1. The summed E-state index contributed by atoms with van der Waals surface area (Å²) < 4.78 is 0. The highest BCUT2D eigenvalue weighted by atomic mass is 16.3. The number of likely N-dealkylation sites (N-methyl/N-ethyl adjacent to an activating group) is 1. The van der Waals surface area contributed by atoms with Gasteiger partial charge in [0, 0.05) is 11.5 Å². The minimum atomic E-state index is -0.157. The van der Waals surface area contributed by atoms with Gasteiger partial charge in [0.1, 0.15) is 5.75 Å². The van der Waals surface area contributed by atoms with Crippen molar-refractivity contribution in [3.63, 3.8) is 0 Å². The van der Waals surface area contributed by atoms with Crippen LogP contribution < -0.4 is 5.32 Å². The summed E-state index contributed by atoms with van der Waals surface area (Å²) in [5.74, 6) is 0.369. The van der Waals surface area contributed by atoms with Crippen molar-refractivity contribution in [1.29, 1.82) is 0 Å². The molecule has 1 aliphatic heterocycles. The Kier molecular flexibility index (Phi) is 4.23. The molecule has 1 fully saturated rings. The van der Waals surface area contributed by atoms with Crippen LogP contribution in [0, 0.1) is 0 Å². The van der Waals surface area contributed by atoms with Gasteiger partial charge >= 0.3 is 0 Å². The zero-order valence-electron chi connectivity index (χ0n) is 15.4. The van der Waals surface area contributed by atoms with Crippen molar-refractivity contribution < 1.29 is 9.90 Å². The highest BCUT2D eigenvalue weighted by Crippen LogP contribution is 2.45. The monoisotopic (exact) mass is 350 g/mol. The van der Waals surface area contributed by atoms with Gasteiger partial charge in [0.05, 0.1) is 12.5 Å². The lowest BCUT2D eigenvalue weighted by Gasteiger charge is -2.54. The molecule has 2 aromatic rings. The number of amides is 1. The van der Waals surface area contributed by atoms with Gasteiger partial charge in [-0.3, -0.25) is 4.79 Å². The molecule has 1 aliphatic carbocycles. The number of phenolic OH excluding ortho intramolecular Hbond substituents is 1. The number of carbonyl (C=O) groups excluding carboxylic acids is 1. The van der Waals surface area contributed by atoms with Crippen LogP contribution in [-0.2, 0) is 23.1 Å². The van der Waals surface area contributed by atoms with Crippen LogP contribution in [0.3, 0.4) is 0 Å². The normalized spacial score (nSPS) is 27.6. The number of fused-ring (bicyclic) bond motifs is 4. The van der Waals surface area contributed by atoms with Crippen molar-refractivity contribution in [3.8, 4) is 5.75 Å². The maximum atomic E-state index is 12.8. The Balaban J connectivity index is 1.63. The smallest absolute Gasteiger partial charge is 0.224 e. The second kappa shape index (κ2) is 6.44. The van der Waals surface area contributed by atoms with Crippen molar-refractivity contribution in [2.45, 2.75) is 43.7 Å². The van der Waals surface area contributed by atoms with Crippen LogP contribution in [0.1, 0.15) is 30.0 Å². The molecular formula is C22H26N2O2. The Morgan fingerprint density at radius 2 is 2.04 bits per heavy atom. The molecule has 2 aromatic carbocycles. The van der Waals surface area contributed by atoms with E-state index in [1.165, 1.54) is 11.1 Å². The second-order valence-electron chi connectivity index (χ2n) is 7.97. The summed E-state index contributed by atoms with van der Waals surface area (Å²) in [6, 6.07) is 15.9. The van der Waals surface area contributed by atoms with Crippen molar-refractivity contribution in [2.75, 3.05) is 13.6 Å². The van der Waals surface area contributed by atoms with Crippen LogP contribution in [0.2, 0.25) is 0 Å². The SMILES string of the molecule is CN1CCC2(C)c3cc(O)ccc3CC1C2NC(=O)Cc1ccccc1. The Bertz CT molecular complexity index is 820. The number of rotatable bonds is 3. The van der Waals surface area contributed by atoms with Gasteiger partial charge in [-0.2, -0.15) is 0 Å². The summed E-state index contributed by atoms with van der Waals surface area (Å²) in [6.07, 6.45) is 2.27. The van der Waals surface area contributed by atoms with E-state index in [4.69, 9.17) is 0 Å². The molecule has 136 valence electrons. The third-order valence-corrected chi connectivity index (χ3v) is 6.28. The van der Waals surface area contributed by atoms with Crippen LogP contribution >= 0.6 is 0 Å². The lowest BCUT2D eigenvalue weighted by molar-refractivity contribution is -0.123. The summed E-state index contributed by atoms with van der Waals surface area (Å²) in [4.78, 5) is 15.1. The van der Waals surface area contributed by atoms with Gasteiger partial charge in [0.15, 0.2) is 0 Å². The third-order valence-electron chi connectivity index (χ3n) is 6.28. The number of nitrogens with one attached hydrogen (secondary N) is 1. The maximum absolute atomic E-state index is 12.8. The highest BCUT2D eigenvalue weighted by molar-refractivity contribution is 5.79. The summed E-state index contributed by atoms with van der Waals surface area (Å²) >= 11 is 0. The first-order valence-electron chi connectivity index (χ1n) is 9.33. The first-order valence-corrected chi connectivity index (χ1v) is 9.33. The Hall–Kier alpha value is -2.33. The molecule has 4 nitrogen and oxygen atoms in total. The van der Waals surface area contributed by atoms with Crippen LogP contribution in [-0.4, -0.2) is 41.6 Å². The molecule has 2 aliphatic rings. The fourth-order valence-corrected chi connectivity index (χ4v) is 4.75. The molecule has 3 atom stereocenters. The van der Waals surface area contributed by atoms with Crippen LogP contribution in [0.5, 0.6) is 5.75 Å². The van der Waals surface area contributed by atoms with E-state index in [0.29, 0.717) is 12.2 Å². The molecule has 0 saturated carbocycles. The molecule has 4 heteroatoms. The molecule has 2 N–H and O–H groups in total. The summed E-state index contributed by atoms with van der Waals surface area (Å²) in [6.45, 7) is 3.24. The van der Waals surface area contributed by atoms with Gasteiger partial charge in [0.25, 0.3) is 0 Å². The van der Waals surface area contributed by atoms with E-state index in [2.05, 4.69) is 24.2 Å².